The van der Waals surface area contributed by atoms with Crippen LogP contribution in [-0.4, -0.2) is 10.7 Å². The number of carbonyl (C=O) groups excluding carboxylic acids is 1. The monoisotopic (exact) mass is 405 g/mol. The van der Waals surface area contributed by atoms with Gasteiger partial charge in [-0.25, -0.2) is 0 Å². The van der Waals surface area contributed by atoms with Gasteiger partial charge in [-0.2, -0.15) is 0 Å². The van der Waals surface area contributed by atoms with E-state index in [1.807, 2.05) is 30.3 Å². The normalized spacial score (nSPS) is 29.6. The molecule has 2 aromatic carbocycles. The number of benzene rings is 2. The number of Topliss-reactive ketones (excluding diaryl/α,β-unsaturated/α-hetero) is 1. The lowest BCUT2D eigenvalue weighted by molar-refractivity contribution is -0.386. The van der Waals surface area contributed by atoms with Crippen molar-refractivity contribution in [3.05, 3.63) is 69.3 Å². The van der Waals surface area contributed by atoms with Crippen molar-refractivity contribution in [3.8, 4) is 5.75 Å². The molecule has 4 atom stereocenters. The van der Waals surface area contributed by atoms with Crippen LogP contribution in [0.4, 0.5) is 5.69 Å². The fraction of sp³-hybridized carbons (Fsp3) is 0.480. The Morgan fingerprint density at radius 1 is 1.10 bits per heavy atom. The minimum absolute atomic E-state index is 0.137. The molecule has 5 nitrogen and oxygen atoms in total. The minimum atomic E-state index is -0.272. The predicted molar refractivity (Wildman–Crippen MR) is 113 cm³/mol. The van der Waals surface area contributed by atoms with E-state index in [-0.39, 0.29) is 16.0 Å². The first-order valence-electron chi connectivity index (χ1n) is 11.0. The number of nitro groups is 1. The highest BCUT2D eigenvalue weighted by Gasteiger charge is 2.55. The molecule has 5 heteroatoms. The summed E-state index contributed by atoms with van der Waals surface area (Å²) in [7, 11) is 0. The average molecular weight is 405 g/mol. The van der Waals surface area contributed by atoms with E-state index in [2.05, 4.69) is 13.0 Å². The van der Waals surface area contributed by atoms with Gasteiger partial charge in [0.05, 0.1) is 4.92 Å². The van der Waals surface area contributed by atoms with Gasteiger partial charge in [0, 0.05) is 17.4 Å². The summed E-state index contributed by atoms with van der Waals surface area (Å²) in [6.07, 6.45) is 5.13. The molecule has 2 saturated carbocycles. The Hall–Kier alpha value is -2.69. The van der Waals surface area contributed by atoms with E-state index in [0.717, 1.165) is 42.4 Å². The Morgan fingerprint density at radius 3 is 2.67 bits per heavy atom. The summed E-state index contributed by atoms with van der Waals surface area (Å²) in [5, 5.41) is 12.0. The SMILES string of the molecule is C[C@]12CC[C@@H]3c4ccc(OCc5ccccc5)c([N+](=O)[O-])c4CC[C@H]3[C@@H]1CCC2=O. The first-order valence-corrected chi connectivity index (χ1v) is 11.0. The van der Waals surface area contributed by atoms with Crippen LogP contribution in [-0.2, 0) is 17.8 Å². The number of ketones is 1. The number of hydrogen-bond donors (Lipinski definition) is 0. The number of nitro benzene ring substituents is 1. The summed E-state index contributed by atoms with van der Waals surface area (Å²) in [5.41, 5.74) is 2.91. The lowest BCUT2D eigenvalue weighted by Crippen LogP contribution is -2.42. The highest BCUT2D eigenvalue weighted by atomic mass is 16.6. The van der Waals surface area contributed by atoms with Crippen LogP contribution in [0.5, 0.6) is 5.75 Å². The second-order valence-corrected chi connectivity index (χ2v) is 9.34. The van der Waals surface area contributed by atoms with Crippen LogP contribution in [0, 0.1) is 27.4 Å². The van der Waals surface area contributed by atoms with Gasteiger partial charge in [-0.15, -0.1) is 0 Å². The smallest absolute Gasteiger partial charge is 0.314 e. The predicted octanol–water partition coefficient (Wildman–Crippen LogP) is 5.60. The van der Waals surface area contributed by atoms with Crippen molar-refractivity contribution in [1.29, 1.82) is 0 Å². The molecule has 5 rings (SSSR count). The van der Waals surface area contributed by atoms with E-state index in [1.165, 1.54) is 0 Å². The van der Waals surface area contributed by atoms with Crippen molar-refractivity contribution in [2.45, 2.75) is 58.0 Å². The number of nitrogens with zero attached hydrogens (tertiary/aromatic N) is 1. The van der Waals surface area contributed by atoms with Crippen molar-refractivity contribution in [1.82, 2.24) is 0 Å². The maximum absolute atomic E-state index is 12.5. The van der Waals surface area contributed by atoms with Gasteiger partial charge in [0.15, 0.2) is 5.75 Å². The molecule has 0 heterocycles. The van der Waals surface area contributed by atoms with Crippen molar-refractivity contribution < 1.29 is 14.5 Å². The molecule has 3 aliphatic rings. The molecule has 0 N–H and O–H groups in total. The summed E-state index contributed by atoms with van der Waals surface area (Å²) in [6, 6.07) is 13.6. The van der Waals surface area contributed by atoms with Crippen molar-refractivity contribution in [2.24, 2.45) is 17.3 Å². The molecule has 0 amide bonds. The molecular weight excluding hydrogens is 378 g/mol. The summed E-state index contributed by atoms with van der Waals surface area (Å²) in [4.78, 5) is 24.3. The topological polar surface area (TPSA) is 69.4 Å². The molecule has 0 spiro atoms. The third kappa shape index (κ3) is 2.94. The molecule has 0 unspecified atom stereocenters. The third-order valence-electron chi connectivity index (χ3n) is 7.97. The van der Waals surface area contributed by atoms with Crippen molar-refractivity contribution in [3.63, 3.8) is 0 Å². The molecule has 30 heavy (non-hydrogen) atoms. The first-order chi connectivity index (χ1) is 14.5. The van der Waals surface area contributed by atoms with Crippen molar-refractivity contribution >= 4 is 11.5 Å². The van der Waals surface area contributed by atoms with Crippen molar-refractivity contribution in [2.75, 3.05) is 0 Å². The molecular formula is C25H27NO4. The zero-order chi connectivity index (χ0) is 20.9. The second kappa shape index (κ2) is 7.22. The fourth-order valence-corrected chi connectivity index (χ4v) is 6.45. The number of carbonyl (C=O) groups is 1. The average Bonchev–Trinajstić information content (AvgIpc) is 3.06. The lowest BCUT2D eigenvalue weighted by Gasteiger charge is -2.48. The molecule has 0 aromatic heterocycles. The molecule has 0 saturated heterocycles. The molecule has 0 aliphatic heterocycles. The van der Waals surface area contributed by atoms with Gasteiger partial charge in [-0.1, -0.05) is 43.3 Å². The van der Waals surface area contributed by atoms with E-state index >= 15 is 0 Å². The van der Waals surface area contributed by atoms with Crippen LogP contribution < -0.4 is 4.74 Å². The van der Waals surface area contributed by atoms with E-state index in [9.17, 15) is 14.9 Å². The second-order valence-electron chi connectivity index (χ2n) is 9.34. The third-order valence-corrected chi connectivity index (χ3v) is 7.97. The van der Waals surface area contributed by atoms with E-state index in [1.54, 1.807) is 6.07 Å². The maximum atomic E-state index is 12.5. The molecule has 0 radical (unpaired) electrons. The lowest BCUT2D eigenvalue weighted by atomic mass is 9.55. The standard InChI is InChI=1S/C25H27NO4/c1-25-14-13-18-17-9-11-22(30-15-16-5-3-2-4-6-16)24(26(28)29)20(17)8-7-19(18)21(25)10-12-23(25)27/h2-6,9,11,18-19,21H,7-8,10,12-15H2,1H3/t18-,19-,21+,25+/m1/s1. The quantitative estimate of drug-likeness (QED) is 0.490. The van der Waals surface area contributed by atoms with Gasteiger partial charge >= 0.3 is 5.69 Å². The molecule has 0 bridgehead atoms. The van der Waals surface area contributed by atoms with Gasteiger partial charge in [0.2, 0.25) is 0 Å². The highest BCUT2D eigenvalue weighted by molar-refractivity contribution is 5.87. The Balaban J connectivity index is 1.47. The Kier molecular flexibility index (Phi) is 4.64. The highest BCUT2D eigenvalue weighted by Crippen LogP contribution is 2.60. The van der Waals surface area contributed by atoms with Crippen LogP contribution in [0.2, 0.25) is 0 Å². The summed E-state index contributed by atoms with van der Waals surface area (Å²) in [5.74, 6) is 1.98. The summed E-state index contributed by atoms with van der Waals surface area (Å²) >= 11 is 0. The Bertz CT molecular complexity index is 1000. The van der Waals surface area contributed by atoms with Crippen LogP contribution in [0.3, 0.4) is 0 Å². The summed E-state index contributed by atoms with van der Waals surface area (Å²) in [6.45, 7) is 2.47. The van der Waals surface area contributed by atoms with Gasteiger partial charge < -0.3 is 4.74 Å². The largest absolute Gasteiger partial charge is 0.482 e. The molecule has 3 aliphatic carbocycles. The zero-order valence-electron chi connectivity index (χ0n) is 17.3. The van der Waals surface area contributed by atoms with E-state index < -0.39 is 0 Å². The number of ether oxygens (including phenoxy) is 1. The van der Waals surface area contributed by atoms with Gasteiger partial charge in [0.1, 0.15) is 12.4 Å². The molecule has 2 fully saturated rings. The number of fused-ring (bicyclic) bond motifs is 5. The van der Waals surface area contributed by atoms with E-state index in [4.69, 9.17) is 4.74 Å². The fourth-order valence-electron chi connectivity index (χ4n) is 6.45. The maximum Gasteiger partial charge on any atom is 0.314 e. The molecule has 156 valence electrons. The van der Waals surface area contributed by atoms with E-state index in [0.29, 0.717) is 48.7 Å². The van der Waals surface area contributed by atoms with Gasteiger partial charge in [-0.3, -0.25) is 14.9 Å². The van der Waals surface area contributed by atoms with Crippen LogP contribution in [0.15, 0.2) is 42.5 Å². The van der Waals surface area contributed by atoms with Crippen LogP contribution in [0.1, 0.15) is 61.6 Å². The number of rotatable bonds is 4. The van der Waals surface area contributed by atoms with Crippen LogP contribution >= 0.6 is 0 Å². The Morgan fingerprint density at radius 2 is 1.90 bits per heavy atom. The Labute approximate surface area is 176 Å². The molecule has 2 aromatic rings. The van der Waals surface area contributed by atoms with Crippen LogP contribution in [0.25, 0.3) is 0 Å². The summed E-state index contributed by atoms with van der Waals surface area (Å²) < 4.78 is 5.90. The first kappa shape index (κ1) is 19.3. The zero-order valence-corrected chi connectivity index (χ0v) is 17.3. The minimum Gasteiger partial charge on any atom is -0.482 e. The van der Waals surface area contributed by atoms with Gasteiger partial charge in [-0.05, 0) is 67.1 Å². The van der Waals surface area contributed by atoms with Gasteiger partial charge in [0.25, 0.3) is 0 Å². The number of hydrogen-bond acceptors (Lipinski definition) is 4.